The fourth-order valence-corrected chi connectivity index (χ4v) is 2.06. The number of esters is 2. The van der Waals surface area contributed by atoms with E-state index in [1.165, 1.54) is 19.2 Å². The smallest absolute Gasteiger partial charge is 0.357 e. The Morgan fingerprint density at radius 2 is 1.77 bits per heavy atom. The molecule has 144 valence electrons. The summed E-state index contributed by atoms with van der Waals surface area (Å²) in [6.45, 7) is 6.43. The van der Waals surface area contributed by atoms with Crippen LogP contribution in [0.3, 0.4) is 0 Å². The highest BCUT2D eigenvalue weighted by molar-refractivity contribution is 6.08. The predicted molar refractivity (Wildman–Crippen MR) is 95.1 cm³/mol. The van der Waals surface area contributed by atoms with Gasteiger partial charge in [-0.2, -0.15) is 0 Å². The second-order valence-corrected chi connectivity index (χ2v) is 5.44. The molecule has 26 heavy (non-hydrogen) atoms. The number of rotatable bonds is 11. The average molecular weight is 366 g/mol. The highest BCUT2D eigenvalue weighted by atomic mass is 16.5. The van der Waals surface area contributed by atoms with E-state index in [1.807, 2.05) is 0 Å². The molecule has 0 atom stereocenters. The standard InChI is InChI=1S/C18H26N2O6/c1-4-6-10-24-11-7-12-26-17(22)15-14(20-13(3)21)8-9-19-16(15)18(23)25-5-2/h8-9H,4-7,10-12H2,1-3H3,(H,19,20,21). The van der Waals surface area contributed by atoms with Gasteiger partial charge in [0.05, 0.1) is 18.9 Å². The van der Waals surface area contributed by atoms with Gasteiger partial charge < -0.3 is 19.5 Å². The minimum absolute atomic E-state index is 0.118. The SMILES string of the molecule is CCCCOCCCOC(=O)c1c(NC(C)=O)ccnc1C(=O)OCC. The third-order valence-electron chi connectivity index (χ3n) is 3.24. The van der Waals surface area contributed by atoms with Crippen LogP contribution in [0.15, 0.2) is 12.3 Å². The number of carbonyl (C=O) groups excluding carboxylic acids is 3. The van der Waals surface area contributed by atoms with E-state index in [9.17, 15) is 14.4 Å². The first kappa shape index (κ1) is 21.6. The van der Waals surface area contributed by atoms with Crippen molar-refractivity contribution >= 4 is 23.5 Å². The summed E-state index contributed by atoms with van der Waals surface area (Å²) in [5, 5.41) is 2.50. The Balaban J connectivity index is 2.80. The molecule has 1 rings (SSSR count). The number of hydrogen-bond donors (Lipinski definition) is 1. The molecule has 0 aromatic carbocycles. The molecule has 0 aliphatic heterocycles. The molecule has 1 heterocycles. The Bertz CT molecular complexity index is 618. The highest BCUT2D eigenvalue weighted by Gasteiger charge is 2.25. The maximum atomic E-state index is 12.4. The molecule has 0 spiro atoms. The highest BCUT2D eigenvalue weighted by Crippen LogP contribution is 2.20. The van der Waals surface area contributed by atoms with Crippen molar-refractivity contribution in [2.45, 2.75) is 40.0 Å². The van der Waals surface area contributed by atoms with Crippen molar-refractivity contribution in [3.63, 3.8) is 0 Å². The summed E-state index contributed by atoms with van der Waals surface area (Å²) in [5.41, 5.74) is -0.157. The quantitative estimate of drug-likeness (QED) is 0.474. The predicted octanol–water partition coefficient (Wildman–Crippen LogP) is 2.58. The van der Waals surface area contributed by atoms with Crippen LogP contribution >= 0.6 is 0 Å². The van der Waals surface area contributed by atoms with E-state index < -0.39 is 11.9 Å². The van der Waals surface area contributed by atoms with Crippen LogP contribution in [0.2, 0.25) is 0 Å². The van der Waals surface area contributed by atoms with Crippen molar-refractivity contribution in [3.05, 3.63) is 23.5 Å². The van der Waals surface area contributed by atoms with Crippen LogP contribution < -0.4 is 5.32 Å². The molecule has 0 aliphatic carbocycles. The number of carbonyl (C=O) groups is 3. The molecular formula is C18H26N2O6. The van der Waals surface area contributed by atoms with Gasteiger partial charge in [0.25, 0.3) is 0 Å². The van der Waals surface area contributed by atoms with Crippen molar-refractivity contribution < 1.29 is 28.6 Å². The van der Waals surface area contributed by atoms with Crippen molar-refractivity contribution in [2.24, 2.45) is 0 Å². The maximum absolute atomic E-state index is 12.4. The lowest BCUT2D eigenvalue weighted by atomic mass is 10.1. The van der Waals surface area contributed by atoms with Gasteiger partial charge in [-0.1, -0.05) is 13.3 Å². The van der Waals surface area contributed by atoms with E-state index in [4.69, 9.17) is 14.2 Å². The summed E-state index contributed by atoms with van der Waals surface area (Å²) < 4.78 is 15.5. The van der Waals surface area contributed by atoms with E-state index in [-0.39, 0.29) is 36.1 Å². The molecule has 0 saturated heterocycles. The second kappa shape index (κ2) is 12.0. The van der Waals surface area contributed by atoms with E-state index in [0.29, 0.717) is 19.6 Å². The number of pyridine rings is 1. The summed E-state index contributed by atoms with van der Waals surface area (Å²) in [6.07, 6.45) is 3.88. The Hall–Kier alpha value is -2.48. The summed E-state index contributed by atoms with van der Waals surface area (Å²) in [6, 6.07) is 1.43. The molecule has 0 radical (unpaired) electrons. The molecule has 0 fully saturated rings. The molecule has 0 bridgehead atoms. The monoisotopic (exact) mass is 366 g/mol. The number of hydrogen-bond acceptors (Lipinski definition) is 7. The van der Waals surface area contributed by atoms with Crippen LogP contribution in [0.5, 0.6) is 0 Å². The zero-order valence-corrected chi connectivity index (χ0v) is 15.5. The Morgan fingerprint density at radius 1 is 1.04 bits per heavy atom. The molecule has 1 aromatic rings. The van der Waals surface area contributed by atoms with Crippen LogP contribution in [0.25, 0.3) is 0 Å². The summed E-state index contributed by atoms with van der Waals surface area (Å²) in [7, 11) is 0. The third-order valence-corrected chi connectivity index (χ3v) is 3.24. The van der Waals surface area contributed by atoms with Crippen LogP contribution in [0.4, 0.5) is 5.69 Å². The van der Waals surface area contributed by atoms with Gasteiger partial charge in [0, 0.05) is 32.8 Å². The number of unbranched alkanes of at least 4 members (excludes halogenated alkanes) is 1. The summed E-state index contributed by atoms with van der Waals surface area (Å²) in [5.74, 6) is -1.89. The van der Waals surface area contributed by atoms with Gasteiger partial charge in [-0.25, -0.2) is 14.6 Å². The topological polar surface area (TPSA) is 104 Å². The van der Waals surface area contributed by atoms with Gasteiger partial charge in [-0.15, -0.1) is 0 Å². The summed E-state index contributed by atoms with van der Waals surface area (Å²) >= 11 is 0. The van der Waals surface area contributed by atoms with Crippen molar-refractivity contribution in [1.82, 2.24) is 4.98 Å². The van der Waals surface area contributed by atoms with E-state index in [0.717, 1.165) is 12.8 Å². The normalized spacial score (nSPS) is 10.3. The third kappa shape index (κ3) is 7.18. The lowest BCUT2D eigenvalue weighted by Crippen LogP contribution is -2.20. The van der Waals surface area contributed by atoms with Crippen LogP contribution in [0.1, 0.15) is 60.9 Å². The van der Waals surface area contributed by atoms with Gasteiger partial charge in [-0.05, 0) is 19.4 Å². The van der Waals surface area contributed by atoms with E-state index in [2.05, 4.69) is 17.2 Å². The fourth-order valence-electron chi connectivity index (χ4n) is 2.06. The Morgan fingerprint density at radius 3 is 2.42 bits per heavy atom. The Labute approximate surface area is 153 Å². The van der Waals surface area contributed by atoms with Crippen LogP contribution in [-0.2, 0) is 19.0 Å². The van der Waals surface area contributed by atoms with Gasteiger partial charge >= 0.3 is 11.9 Å². The van der Waals surface area contributed by atoms with Crippen LogP contribution in [0, 0.1) is 0 Å². The van der Waals surface area contributed by atoms with Gasteiger partial charge in [0.15, 0.2) is 5.69 Å². The number of anilines is 1. The van der Waals surface area contributed by atoms with Crippen molar-refractivity contribution in [3.8, 4) is 0 Å². The van der Waals surface area contributed by atoms with Gasteiger partial charge in [0.1, 0.15) is 5.56 Å². The Kier molecular flexibility index (Phi) is 9.93. The first-order valence-electron chi connectivity index (χ1n) is 8.69. The molecule has 0 aliphatic rings. The second-order valence-electron chi connectivity index (χ2n) is 5.44. The molecule has 1 N–H and O–H groups in total. The molecule has 1 amide bonds. The van der Waals surface area contributed by atoms with Crippen molar-refractivity contribution in [1.29, 1.82) is 0 Å². The van der Waals surface area contributed by atoms with Crippen molar-refractivity contribution in [2.75, 3.05) is 31.7 Å². The van der Waals surface area contributed by atoms with Crippen LogP contribution in [-0.4, -0.2) is 49.3 Å². The molecule has 8 nitrogen and oxygen atoms in total. The van der Waals surface area contributed by atoms with Gasteiger partial charge in [0.2, 0.25) is 5.91 Å². The number of amides is 1. The molecule has 1 aromatic heterocycles. The molecule has 8 heteroatoms. The fraction of sp³-hybridized carbons (Fsp3) is 0.556. The number of ether oxygens (including phenoxy) is 3. The lowest BCUT2D eigenvalue weighted by Gasteiger charge is -2.13. The molecule has 0 unspecified atom stereocenters. The van der Waals surface area contributed by atoms with Gasteiger partial charge in [-0.3, -0.25) is 4.79 Å². The zero-order valence-electron chi connectivity index (χ0n) is 15.5. The molecular weight excluding hydrogens is 340 g/mol. The average Bonchev–Trinajstić information content (AvgIpc) is 2.60. The lowest BCUT2D eigenvalue weighted by molar-refractivity contribution is -0.114. The largest absolute Gasteiger partial charge is 0.462 e. The molecule has 0 saturated carbocycles. The first-order chi connectivity index (χ1) is 12.5. The number of aromatic nitrogens is 1. The van der Waals surface area contributed by atoms with E-state index in [1.54, 1.807) is 6.92 Å². The maximum Gasteiger partial charge on any atom is 0.357 e. The number of nitrogens with zero attached hydrogens (tertiary/aromatic N) is 1. The first-order valence-corrected chi connectivity index (χ1v) is 8.69. The van der Waals surface area contributed by atoms with E-state index >= 15 is 0 Å². The minimum Gasteiger partial charge on any atom is -0.462 e. The minimum atomic E-state index is -0.755. The number of nitrogens with one attached hydrogen (secondary N) is 1. The zero-order chi connectivity index (χ0) is 19.4. The summed E-state index contributed by atoms with van der Waals surface area (Å²) in [4.78, 5) is 39.8.